The number of hydrogen-bond acceptors (Lipinski definition) is 1. The van der Waals surface area contributed by atoms with E-state index in [0.29, 0.717) is 12.6 Å². The van der Waals surface area contributed by atoms with Crippen molar-refractivity contribution < 1.29 is 13.6 Å². The zero-order valence-corrected chi connectivity index (χ0v) is 11.6. The van der Waals surface area contributed by atoms with Gasteiger partial charge in [0.2, 0.25) is 0 Å². The van der Waals surface area contributed by atoms with Crippen LogP contribution in [0.5, 0.6) is 0 Å². The van der Waals surface area contributed by atoms with Gasteiger partial charge < -0.3 is 5.32 Å². The Morgan fingerprint density at radius 2 is 1.89 bits per heavy atom. The summed E-state index contributed by atoms with van der Waals surface area (Å²) in [6.45, 7) is 0.512. The quantitative estimate of drug-likeness (QED) is 0.603. The van der Waals surface area contributed by atoms with Gasteiger partial charge in [0.05, 0.1) is 5.56 Å². The minimum atomic E-state index is -0.827. The summed E-state index contributed by atoms with van der Waals surface area (Å²) < 4.78 is 25.9. The van der Waals surface area contributed by atoms with Gasteiger partial charge in [0.15, 0.2) is 0 Å². The maximum atomic E-state index is 13.3. The molecule has 0 aliphatic heterocycles. The van der Waals surface area contributed by atoms with Gasteiger partial charge in [-0.05, 0) is 25.0 Å². The Balaban J connectivity index is 2.32. The van der Waals surface area contributed by atoms with Crippen molar-refractivity contribution in [2.75, 3.05) is 11.9 Å². The average Bonchev–Trinajstić information content (AvgIpc) is 2.33. The van der Waals surface area contributed by atoms with Crippen LogP contribution in [-0.4, -0.2) is 17.8 Å². The number of carbonyl (C=O) groups excluding carboxylic acids is 1. The van der Waals surface area contributed by atoms with Crippen LogP contribution in [0.1, 0.15) is 36.0 Å². The van der Waals surface area contributed by atoms with E-state index in [9.17, 15) is 13.6 Å². The lowest BCUT2D eigenvalue weighted by Gasteiger charge is -2.06. The fourth-order valence-electron chi connectivity index (χ4n) is 1.54. The number of amides is 1. The maximum absolute atomic E-state index is 13.3. The Hall–Kier alpha value is -0.970. The van der Waals surface area contributed by atoms with Crippen molar-refractivity contribution in [1.82, 2.24) is 5.32 Å². The Bertz CT molecular complexity index is 399. The highest BCUT2D eigenvalue weighted by molar-refractivity contribution is 9.09. The van der Waals surface area contributed by atoms with Crippen LogP contribution in [0.25, 0.3) is 0 Å². The molecule has 0 heterocycles. The number of benzene rings is 1. The molecular formula is C13H16BrF2NO. The minimum absolute atomic E-state index is 0.114. The van der Waals surface area contributed by atoms with E-state index in [2.05, 4.69) is 21.2 Å². The van der Waals surface area contributed by atoms with E-state index in [1.165, 1.54) is 0 Å². The zero-order valence-electron chi connectivity index (χ0n) is 10.0. The van der Waals surface area contributed by atoms with Gasteiger partial charge in [0, 0.05) is 17.9 Å². The van der Waals surface area contributed by atoms with E-state index < -0.39 is 17.5 Å². The third-order valence-corrected chi connectivity index (χ3v) is 3.08. The highest BCUT2D eigenvalue weighted by Crippen LogP contribution is 2.09. The van der Waals surface area contributed by atoms with Crippen LogP contribution in [0.2, 0.25) is 0 Å². The molecule has 1 aromatic rings. The molecule has 0 atom stereocenters. The smallest absolute Gasteiger partial charge is 0.254 e. The lowest BCUT2D eigenvalue weighted by atomic mass is 10.2. The topological polar surface area (TPSA) is 29.1 Å². The molecule has 2 nitrogen and oxygen atoms in total. The molecule has 0 radical (unpaired) electrons. The Labute approximate surface area is 114 Å². The largest absolute Gasteiger partial charge is 0.352 e. The molecule has 0 saturated heterocycles. The van der Waals surface area contributed by atoms with Crippen molar-refractivity contribution >= 4 is 21.8 Å². The highest BCUT2D eigenvalue weighted by Gasteiger charge is 2.11. The predicted molar refractivity (Wildman–Crippen MR) is 71.0 cm³/mol. The Kier molecular flexibility index (Phi) is 6.86. The van der Waals surface area contributed by atoms with Crippen LogP contribution >= 0.6 is 15.9 Å². The van der Waals surface area contributed by atoms with Crippen molar-refractivity contribution in [2.24, 2.45) is 0 Å². The molecule has 0 aliphatic carbocycles. The summed E-state index contributed by atoms with van der Waals surface area (Å²) in [6, 6.07) is 2.95. The molecule has 0 unspecified atom stereocenters. The molecule has 1 aromatic carbocycles. The van der Waals surface area contributed by atoms with Gasteiger partial charge in [-0.25, -0.2) is 8.78 Å². The molecule has 100 valence electrons. The first-order chi connectivity index (χ1) is 8.65. The number of rotatable bonds is 7. The molecule has 0 bridgehead atoms. The fraction of sp³-hybridized carbons (Fsp3) is 0.462. The number of halogens is 3. The number of carbonyl (C=O) groups is 1. The first kappa shape index (κ1) is 15.1. The second-order valence-corrected chi connectivity index (χ2v) is 4.78. The van der Waals surface area contributed by atoms with Crippen LogP contribution in [0.4, 0.5) is 8.78 Å². The molecule has 0 aliphatic rings. The highest BCUT2D eigenvalue weighted by atomic mass is 79.9. The van der Waals surface area contributed by atoms with Crippen molar-refractivity contribution in [3.8, 4) is 0 Å². The summed E-state index contributed by atoms with van der Waals surface area (Å²) in [5, 5.41) is 3.61. The molecule has 0 spiro atoms. The van der Waals surface area contributed by atoms with Gasteiger partial charge in [-0.3, -0.25) is 4.79 Å². The summed E-state index contributed by atoms with van der Waals surface area (Å²) in [6.07, 6.45) is 4.10. The molecule has 0 aromatic heterocycles. The Morgan fingerprint density at radius 1 is 1.17 bits per heavy atom. The SMILES string of the molecule is O=C(NCCCCCCBr)c1ccc(F)cc1F. The summed E-state index contributed by atoms with van der Waals surface area (Å²) in [4.78, 5) is 11.6. The first-order valence-corrected chi connectivity index (χ1v) is 7.06. The van der Waals surface area contributed by atoms with E-state index in [0.717, 1.165) is 43.1 Å². The number of alkyl halides is 1. The van der Waals surface area contributed by atoms with Crippen molar-refractivity contribution in [2.45, 2.75) is 25.7 Å². The van der Waals surface area contributed by atoms with Crippen LogP contribution in [-0.2, 0) is 0 Å². The second kappa shape index (κ2) is 8.19. The molecule has 0 saturated carbocycles. The van der Waals surface area contributed by atoms with Crippen molar-refractivity contribution in [3.05, 3.63) is 35.4 Å². The lowest BCUT2D eigenvalue weighted by molar-refractivity contribution is 0.0949. The summed E-state index contributed by atoms with van der Waals surface area (Å²) >= 11 is 3.34. The minimum Gasteiger partial charge on any atom is -0.352 e. The first-order valence-electron chi connectivity index (χ1n) is 5.94. The van der Waals surface area contributed by atoms with Gasteiger partial charge in [-0.1, -0.05) is 28.8 Å². The van der Waals surface area contributed by atoms with Gasteiger partial charge in [-0.15, -0.1) is 0 Å². The summed E-state index contributed by atoms with van der Waals surface area (Å²) in [7, 11) is 0. The monoisotopic (exact) mass is 319 g/mol. The summed E-state index contributed by atoms with van der Waals surface area (Å²) in [5.74, 6) is -2.00. The predicted octanol–water partition coefficient (Wildman–Crippen LogP) is 3.65. The van der Waals surface area contributed by atoms with Crippen LogP contribution in [0, 0.1) is 11.6 Å². The van der Waals surface area contributed by atoms with Gasteiger partial charge >= 0.3 is 0 Å². The number of nitrogens with one attached hydrogen (secondary N) is 1. The molecule has 1 N–H and O–H groups in total. The number of hydrogen-bond donors (Lipinski definition) is 1. The molecule has 18 heavy (non-hydrogen) atoms. The maximum Gasteiger partial charge on any atom is 0.254 e. The molecular weight excluding hydrogens is 304 g/mol. The van der Waals surface area contributed by atoms with E-state index in [1.54, 1.807) is 0 Å². The Morgan fingerprint density at radius 3 is 2.56 bits per heavy atom. The second-order valence-electron chi connectivity index (χ2n) is 3.98. The van der Waals surface area contributed by atoms with Gasteiger partial charge in [0.25, 0.3) is 5.91 Å². The van der Waals surface area contributed by atoms with Gasteiger partial charge in [0.1, 0.15) is 11.6 Å². The van der Waals surface area contributed by atoms with E-state index in [1.807, 2.05) is 0 Å². The lowest BCUT2D eigenvalue weighted by Crippen LogP contribution is -2.25. The third-order valence-electron chi connectivity index (χ3n) is 2.52. The molecule has 1 amide bonds. The van der Waals surface area contributed by atoms with Crippen LogP contribution < -0.4 is 5.32 Å². The molecule has 1 rings (SSSR count). The van der Waals surface area contributed by atoms with Crippen LogP contribution in [0.3, 0.4) is 0 Å². The standard InChI is InChI=1S/C13H16BrF2NO/c14-7-3-1-2-4-8-17-13(18)11-6-5-10(15)9-12(11)16/h5-6,9H,1-4,7-8H2,(H,17,18). The third kappa shape index (κ3) is 5.12. The van der Waals surface area contributed by atoms with Gasteiger partial charge in [-0.2, -0.15) is 0 Å². The number of unbranched alkanes of at least 4 members (excludes halogenated alkanes) is 3. The van der Waals surface area contributed by atoms with E-state index in [-0.39, 0.29) is 5.56 Å². The van der Waals surface area contributed by atoms with Crippen molar-refractivity contribution in [1.29, 1.82) is 0 Å². The zero-order chi connectivity index (χ0) is 13.4. The molecule has 0 fully saturated rings. The van der Waals surface area contributed by atoms with Crippen molar-refractivity contribution in [3.63, 3.8) is 0 Å². The normalized spacial score (nSPS) is 10.4. The molecule has 5 heteroatoms. The van der Waals surface area contributed by atoms with Crippen LogP contribution in [0.15, 0.2) is 18.2 Å². The summed E-state index contributed by atoms with van der Waals surface area (Å²) in [5.41, 5.74) is -0.114. The average molecular weight is 320 g/mol. The van der Waals surface area contributed by atoms with E-state index in [4.69, 9.17) is 0 Å². The van der Waals surface area contributed by atoms with E-state index >= 15 is 0 Å². The fourth-order valence-corrected chi connectivity index (χ4v) is 1.94.